The van der Waals surface area contributed by atoms with Crippen LogP contribution < -0.4 is 0 Å². The molecule has 1 aromatic heterocycles. The van der Waals surface area contributed by atoms with Crippen LogP contribution in [-0.4, -0.2) is 29.3 Å². The van der Waals surface area contributed by atoms with Crippen LogP contribution in [0.2, 0.25) is 0 Å². The lowest BCUT2D eigenvalue weighted by Gasteiger charge is -2.04. The molecule has 1 aromatic rings. The minimum atomic E-state index is -0.303. The number of aliphatic imine (C=N–C) groups is 1. The number of carbonyl (C=O) groups is 1. The molecule has 4 nitrogen and oxygen atoms in total. The summed E-state index contributed by atoms with van der Waals surface area (Å²) in [4.78, 5) is 18.9. The predicted molar refractivity (Wildman–Crippen MR) is 57.0 cm³/mol. The van der Waals surface area contributed by atoms with Gasteiger partial charge in [0.25, 0.3) is 0 Å². The second-order valence-corrected chi connectivity index (χ2v) is 3.47. The summed E-state index contributed by atoms with van der Waals surface area (Å²) in [7, 11) is 0. The summed E-state index contributed by atoms with van der Waals surface area (Å²) >= 11 is 0. The van der Waals surface area contributed by atoms with Crippen molar-refractivity contribution in [1.29, 1.82) is 0 Å². The number of aromatic nitrogens is 1. The van der Waals surface area contributed by atoms with Crippen LogP contribution >= 0.6 is 0 Å². The van der Waals surface area contributed by atoms with Gasteiger partial charge in [0.2, 0.25) is 0 Å². The third-order valence-corrected chi connectivity index (χ3v) is 2.43. The molecule has 0 radical (unpaired) electrons. The number of rotatable bonds is 3. The van der Waals surface area contributed by atoms with E-state index in [0.717, 1.165) is 24.2 Å². The number of ether oxygens (including phenoxy) is 1. The molecule has 2 rings (SSSR count). The maximum Gasteiger partial charge on any atom is 0.330 e. The van der Waals surface area contributed by atoms with Crippen LogP contribution in [0.5, 0.6) is 0 Å². The van der Waals surface area contributed by atoms with Gasteiger partial charge in [0, 0.05) is 6.20 Å². The summed E-state index contributed by atoms with van der Waals surface area (Å²) in [6.07, 6.45) is 3.45. The maximum absolute atomic E-state index is 11.4. The fraction of sp³-hybridized carbons (Fsp3) is 0.455. The molecule has 0 bridgehead atoms. The maximum atomic E-state index is 11.4. The van der Waals surface area contributed by atoms with Gasteiger partial charge in [-0.05, 0) is 31.9 Å². The highest BCUT2D eigenvalue weighted by Gasteiger charge is 2.26. The second-order valence-electron chi connectivity index (χ2n) is 3.47. The Morgan fingerprint density at radius 3 is 3.27 bits per heavy atom. The number of esters is 1. The van der Waals surface area contributed by atoms with Crippen molar-refractivity contribution in [2.75, 3.05) is 6.61 Å². The highest BCUT2D eigenvalue weighted by molar-refractivity contribution is 6.02. The zero-order valence-corrected chi connectivity index (χ0v) is 8.69. The Morgan fingerprint density at radius 1 is 1.73 bits per heavy atom. The van der Waals surface area contributed by atoms with Gasteiger partial charge in [-0.25, -0.2) is 4.79 Å². The monoisotopic (exact) mass is 206 g/mol. The molecule has 15 heavy (non-hydrogen) atoms. The smallest absolute Gasteiger partial charge is 0.330 e. The molecule has 0 fully saturated rings. The Morgan fingerprint density at radius 2 is 2.60 bits per heavy atom. The molecule has 1 aliphatic heterocycles. The summed E-state index contributed by atoms with van der Waals surface area (Å²) in [6, 6.07) is 3.59. The molecule has 80 valence electrons. The van der Waals surface area contributed by atoms with Crippen molar-refractivity contribution in [3.05, 3.63) is 24.0 Å². The van der Waals surface area contributed by atoms with Crippen LogP contribution in [0.15, 0.2) is 23.3 Å². The fourth-order valence-corrected chi connectivity index (χ4v) is 1.71. The van der Waals surface area contributed by atoms with E-state index in [0.29, 0.717) is 6.61 Å². The van der Waals surface area contributed by atoms with Crippen LogP contribution in [0, 0.1) is 0 Å². The van der Waals surface area contributed by atoms with Gasteiger partial charge in [-0.3, -0.25) is 4.99 Å². The van der Waals surface area contributed by atoms with Gasteiger partial charge in [0.15, 0.2) is 0 Å². The largest absolute Gasteiger partial charge is 0.464 e. The van der Waals surface area contributed by atoms with Crippen molar-refractivity contribution in [3.8, 4) is 0 Å². The molecule has 0 spiro atoms. The minimum absolute atomic E-state index is 0.209. The molecular formula is C11H14N2O2. The molecule has 2 heterocycles. The molecule has 0 aromatic carbocycles. The van der Waals surface area contributed by atoms with E-state index in [-0.39, 0.29) is 12.0 Å². The van der Waals surface area contributed by atoms with E-state index in [2.05, 4.69) is 9.98 Å². The summed E-state index contributed by atoms with van der Waals surface area (Å²) in [6.45, 7) is 2.23. The molecule has 0 saturated heterocycles. The van der Waals surface area contributed by atoms with E-state index in [1.54, 1.807) is 0 Å². The van der Waals surface area contributed by atoms with Gasteiger partial charge in [-0.15, -0.1) is 0 Å². The number of hydrogen-bond acceptors (Lipinski definition) is 3. The SMILES string of the molecule is CCOC(=O)[C@H]1CCC(c2ccc[nH]2)=N1. The van der Waals surface area contributed by atoms with Gasteiger partial charge >= 0.3 is 5.97 Å². The second kappa shape index (κ2) is 4.29. The Bertz CT molecular complexity index is 368. The lowest BCUT2D eigenvalue weighted by Crippen LogP contribution is -2.18. The van der Waals surface area contributed by atoms with Crippen molar-refractivity contribution in [3.63, 3.8) is 0 Å². The average molecular weight is 206 g/mol. The molecule has 1 aliphatic rings. The topological polar surface area (TPSA) is 54.5 Å². The van der Waals surface area contributed by atoms with E-state index in [4.69, 9.17) is 4.74 Å². The first-order valence-electron chi connectivity index (χ1n) is 5.18. The predicted octanol–water partition coefficient (Wildman–Crippen LogP) is 1.53. The van der Waals surface area contributed by atoms with Gasteiger partial charge in [-0.1, -0.05) is 0 Å². The van der Waals surface area contributed by atoms with Crippen molar-refractivity contribution < 1.29 is 9.53 Å². The van der Waals surface area contributed by atoms with Crippen molar-refractivity contribution >= 4 is 11.7 Å². The summed E-state index contributed by atoms with van der Waals surface area (Å²) < 4.78 is 4.94. The first-order chi connectivity index (χ1) is 7.31. The van der Waals surface area contributed by atoms with E-state index >= 15 is 0 Å². The summed E-state index contributed by atoms with van der Waals surface area (Å²) in [5.41, 5.74) is 1.97. The van der Waals surface area contributed by atoms with Crippen LogP contribution in [-0.2, 0) is 9.53 Å². The zero-order chi connectivity index (χ0) is 10.7. The van der Waals surface area contributed by atoms with Gasteiger partial charge < -0.3 is 9.72 Å². The molecule has 0 aliphatic carbocycles. The Balaban J connectivity index is 2.06. The molecule has 1 N–H and O–H groups in total. The standard InChI is InChI=1S/C11H14N2O2/c1-2-15-11(14)10-6-5-9(13-10)8-4-3-7-12-8/h3-4,7,10,12H,2,5-6H2,1H3/t10-/m1/s1. The summed E-state index contributed by atoms with van der Waals surface area (Å²) in [5, 5.41) is 0. The highest BCUT2D eigenvalue weighted by Crippen LogP contribution is 2.18. The lowest BCUT2D eigenvalue weighted by molar-refractivity contribution is -0.144. The Labute approximate surface area is 88.4 Å². The first-order valence-corrected chi connectivity index (χ1v) is 5.18. The number of H-pyrrole nitrogens is 1. The number of nitrogens with one attached hydrogen (secondary N) is 1. The lowest BCUT2D eigenvalue weighted by atomic mass is 10.1. The molecule has 0 saturated carbocycles. The first kappa shape index (κ1) is 9.96. The zero-order valence-electron chi connectivity index (χ0n) is 8.69. The molecule has 1 atom stereocenters. The van der Waals surface area contributed by atoms with Crippen LogP contribution in [0.1, 0.15) is 25.5 Å². The van der Waals surface area contributed by atoms with Crippen molar-refractivity contribution in [2.24, 2.45) is 4.99 Å². The third-order valence-electron chi connectivity index (χ3n) is 2.43. The fourth-order valence-electron chi connectivity index (χ4n) is 1.71. The van der Waals surface area contributed by atoms with Gasteiger partial charge in [0.1, 0.15) is 6.04 Å². The van der Waals surface area contributed by atoms with E-state index in [1.807, 2.05) is 25.3 Å². The van der Waals surface area contributed by atoms with E-state index < -0.39 is 0 Å². The number of aromatic amines is 1. The highest BCUT2D eigenvalue weighted by atomic mass is 16.5. The van der Waals surface area contributed by atoms with Gasteiger partial charge in [0.05, 0.1) is 18.0 Å². The third kappa shape index (κ3) is 2.09. The van der Waals surface area contributed by atoms with Crippen LogP contribution in [0.3, 0.4) is 0 Å². The van der Waals surface area contributed by atoms with E-state index in [9.17, 15) is 4.79 Å². The normalized spacial score (nSPS) is 20.1. The molecule has 0 unspecified atom stereocenters. The molecular weight excluding hydrogens is 192 g/mol. The van der Waals surface area contributed by atoms with Crippen molar-refractivity contribution in [1.82, 2.24) is 4.98 Å². The summed E-state index contributed by atoms with van der Waals surface area (Å²) in [5.74, 6) is -0.209. The van der Waals surface area contributed by atoms with Crippen molar-refractivity contribution in [2.45, 2.75) is 25.8 Å². The minimum Gasteiger partial charge on any atom is -0.464 e. The Hall–Kier alpha value is -1.58. The van der Waals surface area contributed by atoms with Crippen LogP contribution in [0.4, 0.5) is 0 Å². The average Bonchev–Trinajstić information content (AvgIpc) is 2.89. The molecule has 4 heteroatoms. The quantitative estimate of drug-likeness (QED) is 0.762. The number of carbonyl (C=O) groups excluding carboxylic acids is 1. The molecule has 0 amide bonds. The number of hydrogen-bond donors (Lipinski definition) is 1. The number of nitrogens with zero attached hydrogens (tertiary/aromatic N) is 1. The Kier molecular flexibility index (Phi) is 2.85. The van der Waals surface area contributed by atoms with Crippen LogP contribution in [0.25, 0.3) is 0 Å². The van der Waals surface area contributed by atoms with Gasteiger partial charge in [-0.2, -0.15) is 0 Å². The van der Waals surface area contributed by atoms with E-state index in [1.165, 1.54) is 0 Å².